The van der Waals surface area contributed by atoms with Crippen molar-refractivity contribution in [2.24, 2.45) is 0 Å². The normalized spacial score (nSPS) is 17.2. The van der Waals surface area contributed by atoms with Crippen molar-refractivity contribution < 1.29 is 4.79 Å². The Morgan fingerprint density at radius 2 is 1.94 bits per heavy atom. The van der Waals surface area contributed by atoms with Gasteiger partial charge in [0.15, 0.2) is 0 Å². The van der Waals surface area contributed by atoms with Gasteiger partial charge in [0.05, 0.1) is 0 Å². The van der Waals surface area contributed by atoms with Gasteiger partial charge in [0.1, 0.15) is 5.69 Å². The van der Waals surface area contributed by atoms with Gasteiger partial charge in [-0.2, -0.15) is 5.10 Å². The largest absolute Gasteiger partial charge is 0.337 e. The number of hydrogen-bond donors (Lipinski definition) is 1. The van der Waals surface area contributed by atoms with Crippen LogP contribution < -0.4 is 5.56 Å². The van der Waals surface area contributed by atoms with Crippen LogP contribution in [-0.4, -0.2) is 34.1 Å². The summed E-state index contributed by atoms with van der Waals surface area (Å²) in [6, 6.07) is 3.11. The van der Waals surface area contributed by atoms with Crippen molar-refractivity contribution in [3.63, 3.8) is 0 Å². The average molecular weight is 249 g/mol. The fourth-order valence-electron chi connectivity index (χ4n) is 2.46. The molecule has 18 heavy (non-hydrogen) atoms. The van der Waals surface area contributed by atoms with E-state index >= 15 is 0 Å². The lowest BCUT2D eigenvalue weighted by molar-refractivity contribution is 0.0710. The highest BCUT2D eigenvalue weighted by Crippen LogP contribution is 2.21. The van der Waals surface area contributed by atoms with E-state index in [1.807, 2.05) is 7.05 Å². The Hall–Kier alpha value is -1.65. The third-order valence-corrected chi connectivity index (χ3v) is 3.59. The van der Waals surface area contributed by atoms with Gasteiger partial charge in [0.25, 0.3) is 11.5 Å². The van der Waals surface area contributed by atoms with Crippen LogP contribution in [0.5, 0.6) is 0 Å². The van der Waals surface area contributed by atoms with Crippen LogP contribution >= 0.6 is 0 Å². The molecule has 1 aliphatic carbocycles. The highest BCUT2D eigenvalue weighted by molar-refractivity contribution is 5.92. The first-order valence-electron chi connectivity index (χ1n) is 6.51. The molecule has 0 saturated heterocycles. The molecular weight excluding hydrogens is 230 g/mol. The smallest absolute Gasteiger partial charge is 0.274 e. The Balaban J connectivity index is 2.07. The zero-order chi connectivity index (χ0) is 13.0. The molecule has 0 unspecified atom stereocenters. The number of amides is 1. The summed E-state index contributed by atoms with van der Waals surface area (Å²) in [6.07, 6.45) is 7.00. The SMILES string of the molecule is CN(C(=O)c1ccc(=O)[nH]n1)C1CCCCCC1. The first kappa shape index (κ1) is 12.8. The Labute approximate surface area is 106 Å². The lowest BCUT2D eigenvalue weighted by atomic mass is 10.1. The molecule has 1 amide bonds. The van der Waals surface area contributed by atoms with Crippen molar-refractivity contribution in [1.82, 2.24) is 15.1 Å². The van der Waals surface area contributed by atoms with E-state index in [0.29, 0.717) is 11.7 Å². The minimum absolute atomic E-state index is 0.113. The van der Waals surface area contributed by atoms with E-state index < -0.39 is 0 Å². The van der Waals surface area contributed by atoms with E-state index in [0.717, 1.165) is 12.8 Å². The number of aromatic nitrogens is 2. The molecule has 0 bridgehead atoms. The Morgan fingerprint density at radius 3 is 2.50 bits per heavy atom. The fourth-order valence-corrected chi connectivity index (χ4v) is 2.46. The van der Waals surface area contributed by atoms with Gasteiger partial charge in [0.2, 0.25) is 0 Å². The lowest BCUT2D eigenvalue weighted by Crippen LogP contribution is -2.37. The topological polar surface area (TPSA) is 66.1 Å². The number of rotatable bonds is 2. The van der Waals surface area contributed by atoms with Gasteiger partial charge in [-0.25, -0.2) is 5.10 Å². The third kappa shape index (κ3) is 2.97. The molecule has 1 aromatic rings. The van der Waals surface area contributed by atoms with E-state index in [1.54, 1.807) is 4.90 Å². The van der Waals surface area contributed by atoms with Gasteiger partial charge in [-0.3, -0.25) is 9.59 Å². The second kappa shape index (κ2) is 5.80. The number of carbonyl (C=O) groups is 1. The van der Waals surface area contributed by atoms with E-state index in [4.69, 9.17) is 0 Å². The van der Waals surface area contributed by atoms with Gasteiger partial charge in [-0.1, -0.05) is 25.7 Å². The standard InChI is InChI=1S/C13H19N3O2/c1-16(10-6-4-2-3-5-7-10)13(18)11-8-9-12(17)15-14-11/h8-10H,2-7H2,1H3,(H,15,17). The third-order valence-electron chi connectivity index (χ3n) is 3.59. The summed E-state index contributed by atoms with van der Waals surface area (Å²) in [6.45, 7) is 0. The second-order valence-corrected chi connectivity index (χ2v) is 4.87. The molecule has 0 atom stereocenters. The van der Waals surface area contributed by atoms with E-state index in [2.05, 4.69) is 10.2 Å². The number of carbonyl (C=O) groups excluding carboxylic acids is 1. The van der Waals surface area contributed by atoms with Crippen LogP contribution in [0.2, 0.25) is 0 Å². The molecule has 1 aromatic heterocycles. The summed E-state index contributed by atoms with van der Waals surface area (Å²) in [5, 5.41) is 6.09. The Morgan fingerprint density at radius 1 is 1.28 bits per heavy atom. The van der Waals surface area contributed by atoms with Crippen molar-refractivity contribution in [3.8, 4) is 0 Å². The number of aromatic amines is 1. The molecule has 5 nitrogen and oxygen atoms in total. The van der Waals surface area contributed by atoms with E-state index in [1.165, 1.54) is 37.8 Å². The maximum Gasteiger partial charge on any atom is 0.274 e. The molecule has 0 aromatic carbocycles. The molecule has 2 rings (SSSR count). The summed E-state index contributed by atoms with van der Waals surface area (Å²) in [7, 11) is 1.82. The summed E-state index contributed by atoms with van der Waals surface area (Å²) in [5.74, 6) is -0.113. The minimum atomic E-state index is -0.288. The van der Waals surface area contributed by atoms with Crippen molar-refractivity contribution in [2.45, 2.75) is 44.6 Å². The zero-order valence-corrected chi connectivity index (χ0v) is 10.7. The van der Waals surface area contributed by atoms with Gasteiger partial charge in [0, 0.05) is 19.2 Å². The molecule has 1 saturated carbocycles. The van der Waals surface area contributed by atoms with Crippen LogP contribution in [0.3, 0.4) is 0 Å². The number of nitrogens with one attached hydrogen (secondary N) is 1. The quantitative estimate of drug-likeness (QED) is 0.809. The van der Waals surface area contributed by atoms with Crippen LogP contribution in [0.25, 0.3) is 0 Å². The highest BCUT2D eigenvalue weighted by Gasteiger charge is 2.22. The average Bonchev–Trinajstić information content (AvgIpc) is 2.67. The van der Waals surface area contributed by atoms with Crippen molar-refractivity contribution in [1.29, 1.82) is 0 Å². The molecule has 1 N–H and O–H groups in total. The van der Waals surface area contributed by atoms with Crippen LogP contribution in [-0.2, 0) is 0 Å². The zero-order valence-electron chi connectivity index (χ0n) is 10.7. The maximum absolute atomic E-state index is 12.2. The first-order valence-corrected chi connectivity index (χ1v) is 6.51. The molecule has 1 aliphatic rings. The monoisotopic (exact) mass is 249 g/mol. The Kier molecular flexibility index (Phi) is 4.12. The summed E-state index contributed by atoms with van der Waals surface area (Å²) >= 11 is 0. The maximum atomic E-state index is 12.2. The van der Waals surface area contributed by atoms with Crippen LogP contribution in [0, 0.1) is 0 Å². The molecular formula is C13H19N3O2. The van der Waals surface area contributed by atoms with Crippen LogP contribution in [0.15, 0.2) is 16.9 Å². The van der Waals surface area contributed by atoms with Crippen molar-refractivity contribution in [2.75, 3.05) is 7.05 Å². The van der Waals surface area contributed by atoms with E-state index in [9.17, 15) is 9.59 Å². The molecule has 98 valence electrons. The van der Waals surface area contributed by atoms with Crippen molar-refractivity contribution >= 4 is 5.91 Å². The van der Waals surface area contributed by atoms with Gasteiger partial charge in [-0.05, 0) is 18.9 Å². The summed E-state index contributed by atoms with van der Waals surface area (Å²) < 4.78 is 0. The second-order valence-electron chi connectivity index (χ2n) is 4.87. The van der Waals surface area contributed by atoms with Gasteiger partial charge < -0.3 is 4.90 Å². The molecule has 1 heterocycles. The number of hydrogen-bond acceptors (Lipinski definition) is 3. The minimum Gasteiger partial charge on any atom is -0.337 e. The highest BCUT2D eigenvalue weighted by atomic mass is 16.2. The van der Waals surface area contributed by atoms with E-state index in [-0.39, 0.29) is 11.5 Å². The van der Waals surface area contributed by atoms with Gasteiger partial charge >= 0.3 is 0 Å². The fraction of sp³-hybridized carbons (Fsp3) is 0.615. The number of nitrogens with zero attached hydrogens (tertiary/aromatic N) is 2. The van der Waals surface area contributed by atoms with Crippen LogP contribution in [0.4, 0.5) is 0 Å². The lowest BCUT2D eigenvalue weighted by Gasteiger charge is -2.26. The first-order chi connectivity index (χ1) is 8.68. The molecule has 0 aliphatic heterocycles. The van der Waals surface area contributed by atoms with Crippen LogP contribution in [0.1, 0.15) is 49.0 Å². The number of H-pyrrole nitrogens is 1. The summed E-state index contributed by atoms with van der Waals surface area (Å²) in [4.78, 5) is 24.9. The molecule has 0 radical (unpaired) electrons. The molecule has 1 fully saturated rings. The Bertz CT molecular complexity index is 441. The predicted molar refractivity (Wildman–Crippen MR) is 68.4 cm³/mol. The molecule has 5 heteroatoms. The summed E-state index contributed by atoms with van der Waals surface area (Å²) in [5.41, 5.74) is 0.0185. The van der Waals surface area contributed by atoms with Crippen molar-refractivity contribution in [3.05, 3.63) is 28.2 Å². The molecule has 0 spiro atoms. The van der Waals surface area contributed by atoms with Gasteiger partial charge in [-0.15, -0.1) is 0 Å². The predicted octanol–water partition coefficient (Wildman–Crippen LogP) is 1.56.